The van der Waals surface area contributed by atoms with Crippen LogP contribution in [0.1, 0.15) is 70.4 Å². The first-order chi connectivity index (χ1) is 15.4. The molecule has 0 bridgehead atoms. The van der Waals surface area contributed by atoms with Gasteiger partial charge in [0.2, 0.25) is 0 Å². The standard InChI is InChI=1S/C28H33NO2S/c1-27-13-12-19(30)14-18(27)8-9-20-21-10-11-22(28(21,2)15-24(31)25(20)27)23-16-32-26(29-23)17-6-4-3-5-7-17/h3-7,14,16,20-22,24-25,31H,8-13,15H2,1-2H3/t20-,21-,22+,24+,25+,27-,28-/m0/s1. The average molecular weight is 448 g/mol. The molecule has 0 amide bonds. The number of aliphatic hydroxyl groups excluding tert-OH is 1. The Kier molecular flexibility index (Phi) is 4.79. The van der Waals surface area contributed by atoms with E-state index in [4.69, 9.17) is 4.98 Å². The van der Waals surface area contributed by atoms with E-state index in [0.29, 0.717) is 30.1 Å². The summed E-state index contributed by atoms with van der Waals surface area (Å²) in [6.07, 6.45) is 8.61. The van der Waals surface area contributed by atoms with Crippen LogP contribution in [0.4, 0.5) is 0 Å². The highest BCUT2D eigenvalue weighted by Crippen LogP contribution is 2.68. The fourth-order valence-electron chi connectivity index (χ4n) is 8.33. The van der Waals surface area contributed by atoms with Crippen molar-refractivity contribution in [2.24, 2.45) is 28.6 Å². The predicted molar refractivity (Wildman–Crippen MR) is 128 cm³/mol. The van der Waals surface area contributed by atoms with Crippen LogP contribution < -0.4 is 0 Å². The van der Waals surface area contributed by atoms with Crippen molar-refractivity contribution in [1.82, 2.24) is 4.98 Å². The van der Waals surface area contributed by atoms with Crippen molar-refractivity contribution in [3.05, 3.63) is 53.1 Å². The van der Waals surface area contributed by atoms with Gasteiger partial charge in [-0.05, 0) is 73.2 Å². The van der Waals surface area contributed by atoms with E-state index in [1.807, 2.05) is 12.1 Å². The minimum atomic E-state index is -0.295. The molecule has 0 radical (unpaired) electrons. The number of thiazole rings is 1. The number of rotatable bonds is 2. The molecule has 1 aromatic heterocycles. The first-order valence-corrected chi connectivity index (χ1v) is 13.2. The molecule has 3 nitrogen and oxygen atoms in total. The van der Waals surface area contributed by atoms with Gasteiger partial charge in [-0.1, -0.05) is 49.8 Å². The van der Waals surface area contributed by atoms with Crippen LogP contribution in [0, 0.1) is 28.6 Å². The molecule has 1 heterocycles. The van der Waals surface area contributed by atoms with E-state index in [1.54, 1.807) is 11.3 Å². The highest BCUT2D eigenvalue weighted by Gasteiger charge is 2.62. The first kappa shape index (κ1) is 20.8. The third-order valence-electron chi connectivity index (χ3n) is 9.79. The lowest BCUT2D eigenvalue weighted by molar-refractivity contribution is -0.129. The lowest BCUT2D eigenvalue weighted by atomic mass is 9.46. The molecule has 0 spiro atoms. The van der Waals surface area contributed by atoms with Crippen molar-refractivity contribution in [1.29, 1.82) is 0 Å². The van der Waals surface area contributed by atoms with Crippen LogP contribution in [-0.2, 0) is 4.79 Å². The molecular formula is C28H33NO2S. The number of fused-ring (bicyclic) bond motifs is 5. The molecule has 0 aliphatic heterocycles. The van der Waals surface area contributed by atoms with Gasteiger partial charge in [0.15, 0.2) is 5.78 Å². The summed E-state index contributed by atoms with van der Waals surface area (Å²) in [6.45, 7) is 4.78. The van der Waals surface area contributed by atoms with Gasteiger partial charge in [0, 0.05) is 23.3 Å². The van der Waals surface area contributed by atoms with E-state index in [9.17, 15) is 9.90 Å². The number of carbonyl (C=O) groups is 1. The third-order valence-corrected chi connectivity index (χ3v) is 10.7. The molecule has 2 aromatic rings. The van der Waals surface area contributed by atoms with Crippen molar-refractivity contribution in [2.45, 2.75) is 70.8 Å². The summed E-state index contributed by atoms with van der Waals surface area (Å²) in [5, 5.41) is 15.0. The molecule has 32 heavy (non-hydrogen) atoms. The summed E-state index contributed by atoms with van der Waals surface area (Å²) in [6, 6.07) is 10.5. The van der Waals surface area contributed by atoms with Gasteiger partial charge >= 0.3 is 0 Å². The monoisotopic (exact) mass is 447 g/mol. The minimum Gasteiger partial charge on any atom is -0.393 e. The van der Waals surface area contributed by atoms with Crippen molar-refractivity contribution >= 4 is 17.1 Å². The van der Waals surface area contributed by atoms with Crippen LogP contribution >= 0.6 is 11.3 Å². The minimum absolute atomic E-state index is 0.00320. The number of hydrogen-bond donors (Lipinski definition) is 1. The molecule has 4 aliphatic rings. The van der Waals surface area contributed by atoms with Crippen LogP contribution in [-0.4, -0.2) is 22.0 Å². The molecule has 0 saturated heterocycles. The Morgan fingerprint density at radius 1 is 1.09 bits per heavy atom. The molecule has 6 rings (SSSR count). The van der Waals surface area contributed by atoms with Crippen molar-refractivity contribution in [3.8, 4) is 10.6 Å². The summed E-state index contributed by atoms with van der Waals surface area (Å²) < 4.78 is 0. The quantitative estimate of drug-likeness (QED) is 0.580. The zero-order valence-electron chi connectivity index (χ0n) is 19.1. The topological polar surface area (TPSA) is 50.2 Å². The number of aromatic nitrogens is 1. The zero-order chi connectivity index (χ0) is 22.1. The van der Waals surface area contributed by atoms with Gasteiger partial charge in [0.25, 0.3) is 0 Å². The van der Waals surface area contributed by atoms with Gasteiger partial charge in [-0.2, -0.15) is 0 Å². The molecule has 168 valence electrons. The third kappa shape index (κ3) is 2.95. The fraction of sp³-hybridized carbons (Fsp3) is 0.571. The summed E-state index contributed by atoms with van der Waals surface area (Å²) >= 11 is 1.75. The second-order valence-corrected chi connectivity index (χ2v) is 12.1. The highest BCUT2D eigenvalue weighted by molar-refractivity contribution is 7.13. The number of aliphatic hydroxyl groups is 1. The van der Waals surface area contributed by atoms with E-state index >= 15 is 0 Å². The van der Waals surface area contributed by atoms with Gasteiger partial charge in [-0.25, -0.2) is 4.98 Å². The van der Waals surface area contributed by atoms with E-state index < -0.39 is 0 Å². The Hall–Kier alpha value is -1.78. The first-order valence-electron chi connectivity index (χ1n) is 12.3. The number of hydrogen-bond acceptors (Lipinski definition) is 4. The predicted octanol–water partition coefficient (Wildman–Crippen LogP) is 6.40. The van der Waals surface area contributed by atoms with E-state index in [0.717, 1.165) is 30.7 Å². The summed E-state index contributed by atoms with van der Waals surface area (Å²) in [4.78, 5) is 17.2. The van der Waals surface area contributed by atoms with Crippen LogP contribution in [0.5, 0.6) is 0 Å². The number of carbonyl (C=O) groups excluding carboxylic acids is 1. The number of benzene rings is 1. The lowest BCUT2D eigenvalue weighted by Crippen LogP contribution is -2.56. The molecule has 4 aliphatic carbocycles. The SMILES string of the molecule is C[C@]12C[C@@H](O)[C@H]3[C@@H](CCC4=CC(=O)CC[C@@]43C)[C@@H]1CC[C@@H]2c1csc(-c2ccccc2)n1. The maximum absolute atomic E-state index is 12.1. The van der Waals surface area contributed by atoms with Crippen molar-refractivity contribution < 1.29 is 9.90 Å². The molecule has 1 aromatic carbocycles. The molecule has 1 N–H and O–H groups in total. The van der Waals surface area contributed by atoms with E-state index in [-0.39, 0.29) is 22.7 Å². The Bertz CT molecular complexity index is 1070. The highest BCUT2D eigenvalue weighted by atomic mass is 32.1. The molecule has 0 unspecified atom stereocenters. The maximum Gasteiger partial charge on any atom is 0.155 e. The molecule has 3 fully saturated rings. The van der Waals surface area contributed by atoms with E-state index in [1.165, 1.54) is 29.7 Å². The van der Waals surface area contributed by atoms with Crippen LogP contribution in [0.25, 0.3) is 10.6 Å². The summed E-state index contributed by atoms with van der Waals surface area (Å²) in [7, 11) is 0. The van der Waals surface area contributed by atoms with E-state index in [2.05, 4.69) is 43.5 Å². The molecule has 3 saturated carbocycles. The number of nitrogens with zero attached hydrogens (tertiary/aromatic N) is 1. The molecule has 4 heteroatoms. The van der Waals surface area contributed by atoms with Gasteiger partial charge in [-0.15, -0.1) is 11.3 Å². The van der Waals surface area contributed by atoms with Gasteiger partial charge in [0.1, 0.15) is 5.01 Å². The van der Waals surface area contributed by atoms with Crippen molar-refractivity contribution in [3.63, 3.8) is 0 Å². The number of ketones is 1. The van der Waals surface area contributed by atoms with Crippen LogP contribution in [0.15, 0.2) is 47.4 Å². The Morgan fingerprint density at radius 3 is 2.72 bits per heavy atom. The largest absolute Gasteiger partial charge is 0.393 e. The average Bonchev–Trinajstić information content (AvgIpc) is 3.38. The maximum atomic E-state index is 12.1. The second-order valence-electron chi connectivity index (χ2n) is 11.2. The number of allylic oxidation sites excluding steroid dienone is 1. The Morgan fingerprint density at radius 2 is 1.91 bits per heavy atom. The van der Waals surface area contributed by atoms with Crippen molar-refractivity contribution in [2.75, 3.05) is 0 Å². The molecule has 7 atom stereocenters. The van der Waals surface area contributed by atoms with Gasteiger partial charge in [-0.3, -0.25) is 4.79 Å². The Labute approximate surface area is 195 Å². The van der Waals surface area contributed by atoms with Gasteiger partial charge in [0.05, 0.1) is 11.8 Å². The normalized spacial score (nSPS) is 40.9. The molecular weight excluding hydrogens is 414 g/mol. The summed E-state index contributed by atoms with van der Waals surface area (Å²) in [5.41, 5.74) is 3.84. The zero-order valence-corrected chi connectivity index (χ0v) is 19.9. The second kappa shape index (κ2) is 7.36. The smallest absolute Gasteiger partial charge is 0.155 e. The summed E-state index contributed by atoms with van der Waals surface area (Å²) in [5.74, 6) is 2.19. The lowest BCUT2D eigenvalue weighted by Gasteiger charge is -2.59. The van der Waals surface area contributed by atoms with Gasteiger partial charge < -0.3 is 5.11 Å². The fourth-order valence-corrected chi connectivity index (χ4v) is 9.21. The van der Waals surface area contributed by atoms with Crippen LogP contribution in [0.2, 0.25) is 0 Å². The van der Waals surface area contributed by atoms with Crippen LogP contribution in [0.3, 0.4) is 0 Å². The Balaban J connectivity index is 1.32.